The molecule has 0 atom stereocenters. The van der Waals surface area contributed by atoms with Gasteiger partial charge in [0.1, 0.15) is 0 Å². The number of rotatable bonds is 3. The highest BCUT2D eigenvalue weighted by molar-refractivity contribution is 5.85. The van der Waals surface area contributed by atoms with Crippen LogP contribution >= 0.6 is 0 Å². The van der Waals surface area contributed by atoms with Crippen LogP contribution in [0.5, 0.6) is 0 Å². The Labute approximate surface area is 166 Å². The summed E-state index contributed by atoms with van der Waals surface area (Å²) in [6, 6.07) is 21.2. The molecule has 0 amide bonds. The van der Waals surface area contributed by atoms with Crippen LogP contribution in [0.1, 0.15) is 12.5 Å². The number of nitrogens with zero attached hydrogens (tertiary/aromatic N) is 2. The van der Waals surface area contributed by atoms with Gasteiger partial charge < -0.3 is 0 Å². The number of aromatic nitrogens is 2. The van der Waals surface area contributed by atoms with Gasteiger partial charge in [0.2, 0.25) is 0 Å². The van der Waals surface area contributed by atoms with E-state index < -0.39 is 0 Å². The molecular formula is C26H24N2. The minimum atomic E-state index is 1.02. The van der Waals surface area contributed by atoms with Gasteiger partial charge in [-0.1, -0.05) is 55.1 Å². The molecule has 2 aromatic carbocycles. The molecule has 0 radical (unpaired) electrons. The fourth-order valence-corrected chi connectivity index (χ4v) is 3.04. The van der Waals surface area contributed by atoms with Crippen molar-refractivity contribution in [2.45, 2.75) is 13.8 Å². The first-order chi connectivity index (χ1) is 13.7. The third kappa shape index (κ3) is 4.80. The summed E-state index contributed by atoms with van der Waals surface area (Å²) in [7, 11) is 0. The van der Waals surface area contributed by atoms with Gasteiger partial charge in [-0.05, 0) is 66.4 Å². The van der Waals surface area contributed by atoms with Crippen molar-refractivity contribution < 1.29 is 0 Å². The molecule has 0 aliphatic rings. The second-order valence-electron chi connectivity index (χ2n) is 6.50. The zero-order valence-corrected chi connectivity index (χ0v) is 16.3. The van der Waals surface area contributed by atoms with Crippen molar-refractivity contribution >= 4 is 10.9 Å². The van der Waals surface area contributed by atoms with Crippen LogP contribution in [0.3, 0.4) is 0 Å². The highest BCUT2D eigenvalue weighted by atomic mass is 14.6. The number of hydrogen-bond donors (Lipinski definition) is 0. The van der Waals surface area contributed by atoms with Gasteiger partial charge in [-0.3, -0.25) is 9.97 Å². The van der Waals surface area contributed by atoms with Gasteiger partial charge in [-0.15, -0.1) is 0 Å². The molecule has 2 heteroatoms. The smallest absolute Gasteiger partial charge is 0.0702 e. The summed E-state index contributed by atoms with van der Waals surface area (Å²) in [6.07, 6.45) is 11.1. The Bertz CT molecular complexity index is 1100. The lowest BCUT2D eigenvalue weighted by Crippen LogP contribution is -1.86. The van der Waals surface area contributed by atoms with Gasteiger partial charge in [0.15, 0.2) is 0 Å². The van der Waals surface area contributed by atoms with E-state index in [9.17, 15) is 0 Å². The Morgan fingerprint density at radius 2 is 1.61 bits per heavy atom. The van der Waals surface area contributed by atoms with E-state index in [-0.39, 0.29) is 0 Å². The van der Waals surface area contributed by atoms with Gasteiger partial charge in [-0.2, -0.15) is 0 Å². The molecule has 0 unspecified atom stereocenters. The molecule has 0 spiro atoms. The van der Waals surface area contributed by atoms with Gasteiger partial charge >= 0.3 is 0 Å². The summed E-state index contributed by atoms with van der Waals surface area (Å²) < 4.78 is 0. The lowest BCUT2D eigenvalue weighted by molar-refractivity contribution is 1.33. The van der Waals surface area contributed by atoms with Crippen molar-refractivity contribution in [1.82, 2.24) is 9.97 Å². The maximum Gasteiger partial charge on any atom is 0.0702 e. The molecule has 138 valence electrons. The predicted molar refractivity (Wildman–Crippen MR) is 120 cm³/mol. The molecule has 28 heavy (non-hydrogen) atoms. The fraction of sp³-hybridized carbons (Fsp3) is 0.0769. The van der Waals surface area contributed by atoms with E-state index in [1.807, 2.05) is 43.6 Å². The highest BCUT2D eigenvalue weighted by Gasteiger charge is 2.05. The summed E-state index contributed by atoms with van der Waals surface area (Å²) in [5.74, 6) is 0. The zero-order chi connectivity index (χ0) is 19.8. The van der Waals surface area contributed by atoms with E-state index in [1.165, 1.54) is 22.3 Å². The maximum absolute atomic E-state index is 4.39. The average molecular weight is 364 g/mol. The van der Waals surface area contributed by atoms with Crippen LogP contribution < -0.4 is 0 Å². The van der Waals surface area contributed by atoms with Gasteiger partial charge in [0, 0.05) is 29.5 Å². The Morgan fingerprint density at radius 1 is 0.821 bits per heavy atom. The van der Waals surface area contributed by atoms with Crippen molar-refractivity contribution in [1.29, 1.82) is 0 Å². The number of benzene rings is 2. The first-order valence-corrected chi connectivity index (χ1v) is 9.32. The van der Waals surface area contributed by atoms with Crippen molar-refractivity contribution in [3.63, 3.8) is 0 Å². The largest absolute Gasteiger partial charge is 0.264 e. The minimum absolute atomic E-state index is 1.02. The Morgan fingerprint density at radius 3 is 2.29 bits per heavy atom. The van der Waals surface area contributed by atoms with Gasteiger partial charge in [-0.25, -0.2) is 0 Å². The van der Waals surface area contributed by atoms with Crippen molar-refractivity contribution in [3.8, 4) is 22.3 Å². The Kier molecular flexibility index (Phi) is 6.48. The monoisotopic (exact) mass is 364 g/mol. The molecule has 2 heterocycles. The molecule has 0 saturated carbocycles. The predicted octanol–water partition coefficient (Wildman–Crippen LogP) is 7.02. The Balaban J connectivity index is 0.000000403. The number of pyridine rings is 2. The summed E-state index contributed by atoms with van der Waals surface area (Å²) >= 11 is 0. The number of allylic oxidation sites excluding steroid dienone is 3. The number of aryl methyl sites for hydroxylation is 1. The molecule has 0 aliphatic carbocycles. The summed E-state index contributed by atoms with van der Waals surface area (Å²) in [4.78, 5) is 8.62. The third-order valence-corrected chi connectivity index (χ3v) is 4.34. The van der Waals surface area contributed by atoms with Gasteiger partial charge in [0.05, 0.1) is 5.52 Å². The average Bonchev–Trinajstić information content (AvgIpc) is 2.74. The molecule has 0 bridgehead atoms. The molecule has 2 aromatic heterocycles. The third-order valence-electron chi connectivity index (χ3n) is 4.34. The molecule has 0 saturated heterocycles. The molecule has 0 aliphatic heterocycles. The minimum Gasteiger partial charge on any atom is -0.264 e. The van der Waals surface area contributed by atoms with Crippen LogP contribution in [0, 0.1) is 6.92 Å². The number of fused-ring (bicyclic) bond motifs is 1. The first-order valence-electron chi connectivity index (χ1n) is 9.32. The lowest BCUT2D eigenvalue weighted by Gasteiger charge is -2.09. The molecule has 4 rings (SSSR count). The first kappa shape index (κ1) is 19.2. The molecule has 0 fully saturated rings. The SMILES string of the molecule is C=C/C=C\C.Cc1cc(-c2cccnc2)cc(-c2ccc3ncccc3c2)c1. The topological polar surface area (TPSA) is 25.8 Å². The molecule has 4 aromatic rings. The summed E-state index contributed by atoms with van der Waals surface area (Å²) in [6.45, 7) is 7.55. The standard InChI is InChI=1S/C21H16N2.C5H8/c1-15-10-19(13-20(11-15)18-5-2-8-22-14-18)16-6-7-21-17(12-16)4-3-9-23-21;1-3-5-4-2/h2-14H,1H3;3-5H,1H2,2H3/b;5-4-. The summed E-state index contributed by atoms with van der Waals surface area (Å²) in [5, 5.41) is 1.16. The second kappa shape index (κ2) is 9.43. The second-order valence-corrected chi connectivity index (χ2v) is 6.50. The van der Waals surface area contributed by atoms with Gasteiger partial charge in [0.25, 0.3) is 0 Å². The van der Waals surface area contributed by atoms with E-state index in [0.29, 0.717) is 0 Å². The van der Waals surface area contributed by atoms with E-state index in [4.69, 9.17) is 0 Å². The normalized spacial score (nSPS) is 10.5. The van der Waals surface area contributed by atoms with E-state index in [1.54, 1.807) is 12.3 Å². The van der Waals surface area contributed by atoms with Crippen LogP contribution in [0.2, 0.25) is 0 Å². The van der Waals surface area contributed by atoms with Crippen molar-refractivity contribution in [2.24, 2.45) is 0 Å². The van der Waals surface area contributed by atoms with Crippen molar-refractivity contribution in [3.05, 3.63) is 110 Å². The highest BCUT2D eigenvalue weighted by Crippen LogP contribution is 2.29. The van der Waals surface area contributed by atoms with E-state index in [0.717, 1.165) is 16.5 Å². The van der Waals surface area contributed by atoms with E-state index in [2.05, 4.69) is 72.0 Å². The van der Waals surface area contributed by atoms with Crippen LogP contribution in [0.25, 0.3) is 33.2 Å². The quantitative estimate of drug-likeness (QED) is 0.365. The van der Waals surface area contributed by atoms with Crippen LogP contribution in [0.15, 0.2) is 104 Å². The molecule has 2 nitrogen and oxygen atoms in total. The lowest BCUT2D eigenvalue weighted by atomic mass is 9.96. The summed E-state index contributed by atoms with van der Waals surface area (Å²) in [5.41, 5.74) is 7.03. The molecular weight excluding hydrogens is 340 g/mol. The van der Waals surface area contributed by atoms with Crippen LogP contribution in [-0.2, 0) is 0 Å². The number of hydrogen-bond acceptors (Lipinski definition) is 2. The van der Waals surface area contributed by atoms with Crippen LogP contribution in [0.4, 0.5) is 0 Å². The Hall–Kier alpha value is -3.52. The molecule has 0 N–H and O–H groups in total. The zero-order valence-electron chi connectivity index (χ0n) is 16.3. The fourth-order valence-electron chi connectivity index (χ4n) is 3.04. The van der Waals surface area contributed by atoms with Crippen LogP contribution in [-0.4, -0.2) is 9.97 Å². The van der Waals surface area contributed by atoms with Crippen molar-refractivity contribution in [2.75, 3.05) is 0 Å². The maximum atomic E-state index is 4.39. The van der Waals surface area contributed by atoms with E-state index >= 15 is 0 Å².